The molecule has 0 bridgehead atoms. The van der Waals surface area contributed by atoms with Crippen molar-refractivity contribution in [3.05, 3.63) is 94.9 Å². The molecule has 0 saturated heterocycles. The molecule has 0 fully saturated rings. The van der Waals surface area contributed by atoms with Crippen LogP contribution in [0.4, 0.5) is 21.5 Å². The van der Waals surface area contributed by atoms with Crippen LogP contribution in [0.5, 0.6) is 0 Å². The molecule has 1 aliphatic rings. The maximum Gasteiger partial charge on any atom is 0.282 e. The zero-order chi connectivity index (χ0) is 23.7. The standard InChI is InChI=1S/C26H22FN3O3/c1-15-8-13-20(16(2)14-15)23-24(29-19-11-9-18(10-12-19)28-17(3)31)26(33)30(25(23)32)22-7-5-4-6-21(22)27/h4-14,29H,1-3H3,(H,28,31). The summed E-state index contributed by atoms with van der Waals surface area (Å²) in [6, 6.07) is 18.0. The molecule has 33 heavy (non-hydrogen) atoms. The van der Waals surface area contributed by atoms with Gasteiger partial charge in [-0.2, -0.15) is 0 Å². The Hall–Kier alpha value is -4.26. The fraction of sp³-hybridized carbons (Fsp3) is 0.115. The number of imide groups is 1. The Morgan fingerprint density at radius 3 is 2.18 bits per heavy atom. The van der Waals surface area contributed by atoms with E-state index in [9.17, 15) is 18.8 Å². The van der Waals surface area contributed by atoms with Crippen LogP contribution in [-0.4, -0.2) is 17.7 Å². The van der Waals surface area contributed by atoms with E-state index in [0.29, 0.717) is 16.9 Å². The predicted octanol–water partition coefficient (Wildman–Crippen LogP) is 4.80. The van der Waals surface area contributed by atoms with Gasteiger partial charge in [0.1, 0.15) is 11.5 Å². The van der Waals surface area contributed by atoms with Gasteiger partial charge in [-0.3, -0.25) is 14.4 Å². The molecule has 0 radical (unpaired) electrons. The van der Waals surface area contributed by atoms with Crippen LogP contribution in [-0.2, 0) is 14.4 Å². The van der Waals surface area contributed by atoms with Crippen LogP contribution < -0.4 is 15.5 Å². The number of amides is 3. The molecule has 4 rings (SSSR count). The summed E-state index contributed by atoms with van der Waals surface area (Å²) >= 11 is 0. The average Bonchev–Trinajstić information content (AvgIpc) is 2.99. The number of nitrogens with one attached hydrogen (secondary N) is 2. The van der Waals surface area contributed by atoms with Gasteiger partial charge in [0, 0.05) is 18.3 Å². The zero-order valence-electron chi connectivity index (χ0n) is 18.4. The normalized spacial score (nSPS) is 13.5. The van der Waals surface area contributed by atoms with Gasteiger partial charge in [0.05, 0.1) is 11.3 Å². The molecule has 2 N–H and O–H groups in total. The Morgan fingerprint density at radius 1 is 0.879 bits per heavy atom. The Kier molecular flexibility index (Phi) is 5.79. The number of benzene rings is 3. The van der Waals surface area contributed by atoms with Gasteiger partial charge in [-0.1, -0.05) is 35.9 Å². The lowest BCUT2D eigenvalue weighted by atomic mass is 9.97. The average molecular weight is 443 g/mol. The second-order valence-corrected chi connectivity index (χ2v) is 7.85. The van der Waals surface area contributed by atoms with E-state index in [4.69, 9.17) is 0 Å². The quantitative estimate of drug-likeness (QED) is 0.556. The summed E-state index contributed by atoms with van der Waals surface area (Å²) < 4.78 is 14.5. The summed E-state index contributed by atoms with van der Waals surface area (Å²) in [5.74, 6) is -2.12. The predicted molar refractivity (Wildman–Crippen MR) is 126 cm³/mol. The Bertz CT molecular complexity index is 1310. The van der Waals surface area contributed by atoms with E-state index in [1.54, 1.807) is 36.4 Å². The van der Waals surface area contributed by atoms with Crippen LogP contribution in [0, 0.1) is 19.7 Å². The van der Waals surface area contributed by atoms with Crippen molar-refractivity contribution in [3.8, 4) is 0 Å². The van der Waals surface area contributed by atoms with E-state index in [-0.39, 0.29) is 22.9 Å². The van der Waals surface area contributed by atoms with Crippen molar-refractivity contribution in [1.82, 2.24) is 0 Å². The van der Waals surface area contributed by atoms with Crippen LogP contribution in [0.2, 0.25) is 0 Å². The molecular weight excluding hydrogens is 421 g/mol. The molecule has 7 heteroatoms. The minimum atomic E-state index is -0.667. The third kappa shape index (κ3) is 4.25. The van der Waals surface area contributed by atoms with E-state index < -0.39 is 17.6 Å². The van der Waals surface area contributed by atoms with Gasteiger partial charge in [-0.15, -0.1) is 0 Å². The highest BCUT2D eigenvalue weighted by Gasteiger charge is 2.41. The van der Waals surface area contributed by atoms with Crippen molar-refractivity contribution in [2.45, 2.75) is 20.8 Å². The van der Waals surface area contributed by atoms with Gasteiger partial charge >= 0.3 is 0 Å². The minimum absolute atomic E-state index is 0.0579. The molecule has 0 aromatic heterocycles. The second kappa shape index (κ2) is 8.70. The van der Waals surface area contributed by atoms with Crippen LogP contribution in [0.15, 0.2) is 72.4 Å². The molecule has 3 aromatic carbocycles. The lowest BCUT2D eigenvalue weighted by Gasteiger charge is -2.16. The van der Waals surface area contributed by atoms with Crippen molar-refractivity contribution in [2.24, 2.45) is 0 Å². The van der Waals surface area contributed by atoms with Gasteiger partial charge in [0.15, 0.2) is 0 Å². The van der Waals surface area contributed by atoms with E-state index in [1.807, 2.05) is 26.0 Å². The van der Waals surface area contributed by atoms with E-state index in [2.05, 4.69) is 10.6 Å². The monoisotopic (exact) mass is 443 g/mol. The molecule has 0 saturated carbocycles. The highest BCUT2D eigenvalue weighted by Crippen LogP contribution is 2.36. The molecule has 0 spiro atoms. The Balaban J connectivity index is 1.80. The molecule has 0 aliphatic carbocycles. The first-order valence-electron chi connectivity index (χ1n) is 10.4. The molecule has 3 aromatic rings. The Morgan fingerprint density at radius 2 is 1.55 bits per heavy atom. The first-order chi connectivity index (χ1) is 15.8. The van der Waals surface area contributed by atoms with Crippen molar-refractivity contribution < 1.29 is 18.8 Å². The molecule has 1 aliphatic heterocycles. The number of rotatable bonds is 5. The SMILES string of the molecule is CC(=O)Nc1ccc(NC2=C(c3ccc(C)cc3C)C(=O)N(c3ccccc3F)C2=O)cc1. The van der Waals surface area contributed by atoms with Gasteiger partial charge < -0.3 is 10.6 Å². The van der Waals surface area contributed by atoms with Crippen molar-refractivity contribution in [3.63, 3.8) is 0 Å². The van der Waals surface area contributed by atoms with Gasteiger partial charge in [0.25, 0.3) is 11.8 Å². The second-order valence-electron chi connectivity index (χ2n) is 7.85. The van der Waals surface area contributed by atoms with Gasteiger partial charge in [0.2, 0.25) is 5.91 Å². The molecule has 3 amide bonds. The number of aryl methyl sites for hydroxylation is 2. The summed E-state index contributed by atoms with van der Waals surface area (Å²) in [5.41, 5.74) is 3.69. The maximum absolute atomic E-state index is 14.5. The number of anilines is 3. The molecular formula is C26H22FN3O3. The van der Waals surface area contributed by atoms with Gasteiger partial charge in [-0.25, -0.2) is 9.29 Å². The summed E-state index contributed by atoms with van der Waals surface area (Å²) in [5, 5.41) is 5.72. The molecule has 166 valence electrons. The lowest BCUT2D eigenvalue weighted by molar-refractivity contribution is -0.120. The summed E-state index contributed by atoms with van der Waals surface area (Å²) in [7, 11) is 0. The van der Waals surface area contributed by atoms with Crippen LogP contribution in [0.25, 0.3) is 5.57 Å². The van der Waals surface area contributed by atoms with Crippen LogP contribution >= 0.6 is 0 Å². The van der Waals surface area contributed by atoms with Crippen LogP contribution in [0.3, 0.4) is 0 Å². The lowest BCUT2D eigenvalue weighted by Crippen LogP contribution is -2.33. The highest BCUT2D eigenvalue weighted by atomic mass is 19.1. The van der Waals surface area contributed by atoms with Crippen molar-refractivity contribution in [2.75, 3.05) is 15.5 Å². The zero-order valence-corrected chi connectivity index (χ0v) is 18.4. The summed E-state index contributed by atoms with van der Waals surface area (Å²) in [6.45, 7) is 5.21. The van der Waals surface area contributed by atoms with E-state index in [0.717, 1.165) is 16.0 Å². The molecule has 6 nitrogen and oxygen atoms in total. The summed E-state index contributed by atoms with van der Waals surface area (Å²) in [4.78, 5) is 39.0. The van der Waals surface area contributed by atoms with Crippen molar-refractivity contribution >= 4 is 40.4 Å². The molecule has 0 unspecified atom stereocenters. The van der Waals surface area contributed by atoms with Crippen molar-refractivity contribution in [1.29, 1.82) is 0 Å². The first-order valence-corrected chi connectivity index (χ1v) is 10.4. The number of carbonyl (C=O) groups is 3. The van der Waals surface area contributed by atoms with E-state index >= 15 is 0 Å². The number of para-hydroxylation sites is 1. The first kappa shape index (κ1) is 22.0. The topological polar surface area (TPSA) is 78.5 Å². The largest absolute Gasteiger partial charge is 0.350 e. The van der Waals surface area contributed by atoms with Crippen LogP contribution in [0.1, 0.15) is 23.6 Å². The summed E-state index contributed by atoms with van der Waals surface area (Å²) in [6.07, 6.45) is 0. The highest BCUT2D eigenvalue weighted by molar-refractivity contribution is 6.46. The fourth-order valence-corrected chi connectivity index (χ4v) is 3.83. The number of hydrogen-bond donors (Lipinski definition) is 2. The number of nitrogens with zero attached hydrogens (tertiary/aromatic N) is 1. The number of carbonyl (C=O) groups excluding carboxylic acids is 3. The molecule has 1 heterocycles. The third-order valence-corrected chi connectivity index (χ3v) is 5.30. The maximum atomic E-state index is 14.5. The van der Waals surface area contributed by atoms with Gasteiger partial charge in [-0.05, 0) is 61.4 Å². The minimum Gasteiger partial charge on any atom is -0.350 e. The number of hydrogen-bond acceptors (Lipinski definition) is 4. The van der Waals surface area contributed by atoms with E-state index in [1.165, 1.54) is 25.1 Å². The Labute approximate surface area is 190 Å². The smallest absolute Gasteiger partial charge is 0.282 e. The fourth-order valence-electron chi connectivity index (χ4n) is 3.83. The third-order valence-electron chi connectivity index (χ3n) is 5.30. The number of halogens is 1. The molecule has 0 atom stereocenters.